The van der Waals surface area contributed by atoms with Gasteiger partial charge in [-0.15, -0.1) is 0 Å². The monoisotopic (exact) mass is 263 g/mol. The third-order valence-corrected chi connectivity index (χ3v) is 4.17. The van der Waals surface area contributed by atoms with Crippen LogP contribution in [0.4, 0.5) is 0 Å². The Morgan fingerprint density at radius 1 is 1.29 bits per heavy atom. The highest BCUT2D eigenvalue weighted by Crippen LogP contribution is 2.24. The summed E-state index contributed by atoms with van der Waals surface area (Å²) in [6, 6.07) is 0.635. The van der Waals surface area contributed by atoms with Crippen LogP contribution in [0.3, 0.4) is 0 Å². The largest absolute Gasteiger partial charge is 0.303 e. The van der Waals surface area contributed by atoms with Gasteiger partial charge in [-0.25, -0.2) is 0 Å². The molecule has 2 atom stereocenters. The molecule has 0 saturated heterocycles. The average molecular weight is 264 g/mol. The minimum absolute atomic E-state index is 0.374. The normalized spacial score (nSPS) is 17.1. The van der Waals surface area contributed by atoms with E-state index in [1.807, 2.05) is 0 Å². The van der Waals surface area contributed by atoms with Crippen molar-refractivity contribution < 1.29 is 0 Å². The van der Waals surface area contributed by atoms with Crippen molar-refractivity contribution in [2.75, 3.05) is 18.9 Å². The molecule has 0 spiro atoms. The highest BCUT2D eigenvalue weighted by Gasteiger charge is 2.24. The molecular weight excluding hydrogens is 238 g/mol. The number of alkyl halides is 1. The lowest BCUT2D eigenvalue weighted by molar-refractivity contribution is 0.126. The summed E-state index contributed by atoms with van der Waals surface area (Å²) in [6.07, 6.45) is 1.26. The number of hydrogen-bond acceptors (Lipinski definition) is 1. The molecule has 86 valence electrons. The predicted octanol–water partition coefficient (Wildman–Crippen LogP) is 3.77. The maximum Gasteiger partial charge on any atom is 0.0112 e. The van der Waals surface area contributed by atoms with Gasteiger partial charge in [0.25, 0.3) is 0 Å². The van der Waals surface area contributed by atoms with E-state index in [0.717, 1.165) is 11.2 Å². The maximum absolute atomic E-state index is 3.58. The van der Waals surface area contributed by atoms with E-state index in [4.69, 9.17) is 0 Å². The van der Waals surface area contributed by atoms with E-state index in [2.05, 4.69) is 62.5 Å². The van der Waals surface area contributed by atoms with E-state index in [0.29, 0.717) is 11.5 Å². The molecule has 0 aromatic rings. The van der Waals surface area contributed by atoms with Crippen molar-refractivity contribution in [3.8, 4) is 0 Å². The van der Waals surface area contributed by atoms with Gasteiger partial charge >= 0.3 is 0 Å². The molecular formula is C12H26BrN. The zero-order valence-electron chi connectivity index (χ0n) is 10.6. The summed E-state index contributed by atoms with van der Waals surface area (Å²) in [4.78, 5) is 2.48. The van der Waals surface area contributed by atoms with E-state index in [1.165, 1.54) is 13.0 Å². The summed E-state index contributed by atoms with van der Waals surface area (Å²) in [6.45, 7) is 12.7. The van der Waals surface area contributed by atoms with Crippen LogP contribution in [0, 0.1) is 11.3 Å². The molecule has 0 heterocycles. The predicted molar refractivity (Wildman–Crippen MR) is 69.1 cm³/mol. The standard InChI is InChI=1S/C12H26BrN/c1-7-11(8-13)9-14(6)10(2)12(3,4)5/h10-11H,7-9H2,1-6H3. The fourth-order valence-electron chi connectivity index (χ4n) is 1.51. The Kier molecular flexibility index (Phi) is 6.31. The number of rotatable bonds is 5. The van der Waals surface area contributed by atoms with Crippen molar-refractivity contribution in [2.45, 2.75) is 47.1 Å². The number of nitrogens with zero attached hydrogens (tertiary/aromatic N) is 1. The third kappa shape index (κ3) is 4.79. The molecule has 0 aliphatic carbocycles. The second-order valence-corrected chi connectivity index (χ2v) is 6.06. The van der Waals surface area contributed by atoms with Crippen molar-refractivity contribution in [2.24, 2.45) is 11.3 Å². The summed E-state index contributed by atoms with van der Waals surface area (Å²) >= 11 is 3.58. The number of halogens is 1. The van der Waals surface area contributed by atoms with Gasteiger partial charge in [-0.3, -0.25) is 0 Å². The third-order valence-electron chi connectivity index (χ3n) is 3.26. The molecule has 2 unspecified atom stereocenters. The Hall–Kier alpha value is 0.440. The van der Waals surface area contributed by atoms with E-state index < -0.39 is 0 Å². The molecule has 0 amide bonds. The Balaban J connectivity index is 4.13. The lowest BCUT2D eigenvalue weighted by atomic mass is 9.86. The molecule has 0 aliphatic rings. The van der Waals surface area contributed by atoms with Crippen LogP contribution in [0.15, 0.2) is 0 Å². The summed E-state index contributed by atoms with van der Waals surface area (Å²) in [5.74, 6) is 0.782. The van der Waals surface area contributed by atoms with Gasteiger partial charge in [-0.2, -0.15) is 0 Å². The summed E-state index contributed by atoms with van der Waals surface area (Å²) in [5.41, 5.74) is 0.374. The molecule has 0 aromatic carbocycles. The van der Waals surface area contributed by atoms with Crippen LogP contribution in [0.5, 0.6) is 0 Å². The van der Waals surface area contributed by atoms with Gasteiger partial charge in [0.15, 0.2) is 0 Å². The Morgan fingerprint density at radius 3 is 2.07 bits per heavy atom. The van der Waals surface area contributed by atoms with E-state index in [1.54, 1.807) is 0 Å². The molecule has 0 rings (SSSR count). The van der Waals surface area contributed by atoms with Gasteiger partial charge in [-0.05, 0) is 25.3 Å². The van der Waals surface area contributed by atoms with Crippen LogP contribution in [-0.2, 0) is 0 Å². The first-order chi connectivity index (χ1) is 6.32. The lowest BCUT2D eigenvalue weighted by Crippen LogP contribution is -2.41. The topological polar surface area (TPSA) is 3.24 Å². The minimum Gasteiger partial charge on any atom is -0.303 e. The number of hydrogen-bond donors (Lipinski definition) is 0. The van der Waals surface area contributed by atoms with Crippen molar-refractivity contribution >= 4 is 15.9 Å². The molecule has 0 radical (unpaired) electrons. The van der Waals surface area contributed by atoms with Gasteiger partial charge in [0.2, 0.25) is 0 Å². The fraction of sp³-hybridized carbons (Fsp3) is 1.00. The van der Waals surface area contributed by atoms with E-state index >= 15 is 0 Å². The molecule has 0 bridgehead atoms. The first-order valence-corrected chi connectivity index (χ1v) is 6.71. The Bertz CT molecular complexity index is 147. The van der Waals surface area contributed by atoms with Crippen molar-refractivity contribution in [1.29, 1.82) is 0 Å². The van der Waals surface area contributed by atoms with Crippen molar-refractivity contribution in [3.05, 3.63) is 0 Å². The van der Waals surface area contributed by atoms with Crippen molar-refractivity contribution in [1.82, 2.24) is 4.90 Å². The molecule has 14 heavy (non-hydrogen) atoms. The van der Waals surface area contributed by atoms with Crippen molar-refractivity contribution in [3.63, 3.8) is 0 Å². The molecule has 0 N–H and O–H groups in total. The van der Waals surface area contributed by atoms with Gasteiger partial charge in [0, 0.05) is 17.9 Å². The van der Waals surface area contributed by atoms with Gasteiger partial charge < -0.3 is 4.90 Å². The highest BCUT2D eigenvalue weighted by molar-refractivity contribution is 9.09. The van der Waals surface area contributed by atoms with E-state index in [-0.39, 0.29) is 0 Å². The van der Waals surface area contributed by atoms with Crippen LogP contribution in [0.2, 0.25) is 0 Å². The van der Waals surface area contributed by atoms with Crippen LogP contribution in [0.25, 0.3) is 0 Å². The second-order valence-electron chi connectivity index (χ2n) is 5.41. The van der Waals surface area contributed by atoms with Crippen LogP contribution in [0.1, 0.15) is 41.0 Å². The zero-order valence-corrected chi connectivity index (χ0v) is 12.2. The molecule has 0 aromatic heterocycles. The zero-order chi connectivity index (χ0) is 11.4. The first kappa shape index (κ1) is 14.4. The lowest BCUT2D eigenvalue weighted by Gasteiger charge is -2.36. The second kappa shape index (κ2) is 6.12. The summed E-state index contributed by atoms with van der Waals surface area (Å²) in [5, 5.41) is 1.12. The van der Waals surface area contributed by atoms with Crippen LogP contribution < -0.4 is 0 Å². The Morgan fingerprint density at radius 2 is 1.79 bits per heavy atom. The molecule has 0 aliphatic heterocycles. The minimum atomic E-state index is 0.374. The van der Waals surface area contributed by atoms with Crippen LogP contribution >= 0.6 is 15.9 Å². The molecule has 2 heteroatoms. The summed E-state index contributed by atoms with van der Waals surface area (Å²) in [7, 11) is 2.24. The first-order valence-electron chi connectivity index (χ1n) is 5.59. The molecule has 1 nitrogen and oxygen atoms in total. The summed E-state index contributed by atoms with van der Waals surface area (Å²) < 4.78 is 0. The average Bonchev–Trinajstić information content (AvgIpc) is 2.11. The van der Waals surface area contributed by atoms with Gasteiger partial charge in [0.05, 0.1) is 0 Å². The maximum atomic E-state index is 3.58. The quantitative estimate of drug-likeness (QED) is 0.683. The van der Waals surface area contributed by atoms with E-state index in [9.17, 15) is 0 Å². The highest BCUT2D eigenvalue weighted by atomic mass is 79.9. The van der Waals surface area contributed by atoms with Gasteiger partial charge in [-0.1, -0.05) is 50.0 Å². The molecule has 0 fully saturated rings. The SMILES string of the molecule is CCC(CBr)CN(C)C(C)C(C)(C)C. The Labute approximate surface area is 98.4 Å². The van der Waals surface area contributed by atoms with Gasteiger partial charge in [0.1, 0.15) is 0 Å². The fourth-order valence-corrected chi connectivity index (χ4v) is 2.18. The smallest absolute Gasteiger partial charge is 0.0112 e. The molecule has 0 saturated carbocycles. The van der Waals surface area contributed by atoms with Crippen LogP contribution in [-0.4, -0.2) is 29.9 Å².